The van der Waals surface area contributed by atoms with Gasteiger partial charge in [0.15, 0.2) is 0 Å². The number of likely N-dealkylation sites (tertiary alicyclic amines) is 1. The second kappa shape index (κ2) is 8.19. The first-order valence-corrected chi connectivity index (χ1v) is 9.36. The predicted molar refractivity (Wildman–Crippen MR) is 98.1 cm³/mol. The van der Waals surface area contributed by atoms with Crippen molar-refractivity contribution in [2.45, 2.75) is 38.9 Å². The number of amides is 1. The number of piperidine rings is 1. The summed E-state index contributed by atoms with van der Waals surface area (Å²) in [5.41, 5.74) is 0.745. The van der Waals surface area contributed by atoms with Gasteiger partial charge in [0.05, 0.1) is 19.3 Å². The molecular weight excluding hydrogens is 316 g/mol. The van der Waals surface area contributed by atoms with E-state index in [1.54, 1.807) is 7.11 Å². The molecule has 2 aliphatic rings. The van der Waals surface area contributed by atoms with Crippen molar-refractivity contribution in [3.05, 3.63) is 29.8 Å². The summed E-state index contributed by atoms with van der Waals surface area (Å²) in [5, 5.41) is 0. The molecule has 2 aliphatic heterocycles. The van der Waals surface area contributed by atoms with Gasteiger partial charge in [0, 0.05) is 38.3 Å². The summed E-state index contributed by atoms with van der Waals surface area (Å²) in [6.45, 7) is 9.18. The molecule has 2 atom stereocenters. The Morgan fingerprint density at radius 1 is 1.12 bits per heavy atom. The average molecular weight is 346 g/mol. The highest BCUT2D eigenvalue weighted by atomic mass is 16.5. The third-order valence-corrected chi connectivity index (χ3v) is 5.25. The van der Waals surface area contributed by atoms with E-state index in [0.717, 1.165) is 56.9 Å². The summed E-state index contributed by atoms with van der Waals surface area (Å²) >= 11 is 0. The van der Waals surface area contributed by atoms with Gasteiger partial charge < -0.3 is 14.4 Å². The third kappa shape index (κ3) is 4.73. The highest BCUT2D eigenvalue weighted by Crippen LogP contribution is 2.22. The van der Waals surface area contributed by atoms with Crippen LogP contribution >= 0.6 is 0 Å². The molecule has 0 radical (unpaired) electrons. The first-order chi connectivity index (χ1) is 12.0. The van der Waals surface area contributed by atoms with Crippen molar-refractivity contribution >= 4 is 5.91 Å². The normalized spacial score (nSPS) is 25.8. The highest BCUT2D eigenvalue weighted by Gasteiger charge is 2.28. The Morgan fingerprint density at radius 3 is 2.28 bits per heavy atom. The van der Waals surface area contributed by atoms with Crippen molar-refractivity contribution in [1.82, 2.24) is 9.80 Å². The Balaban J connectivity index is 1.48. The molecule has 1 aromatic rings. The molecule has 5 nitrogen and oxygen atoms in total. The van der Waals surface area contributed by atoms with Crippen molar-refractivity contribution in [1.29, 1.82) is 0 Å². The van der Waals surface area contributed by atoms with E-state index in [4.69, 9.17) is 9.47 Å². The van der Waals surface area contributed by atoms with Crippen molar-refractivity contribution in [2.75, 3.05) is 39.8 Å². The quantitative estimate of drug-likeness (QED) is 0.841. The van der Waals surface area contributed by atoms with Crippen molar-refractivity contribution < 1.29 is 14.3 Å². The van der Waals surface area contributed by atoms with Crippen LogP contribution in [0.15, 0.2) is 24.3 Å². The number of morpholine rings is 1. The molecule has 2 saturated heterocycles. The number of nitrogens with zero attached hydrogens (tertiary/aromatic N) is 2. The lowest BCUT2D eigenvalue weighted by Gasteiger charge is -2.39. The topological polar surface area (TPSA) is 42.0 Å². The minimum atomic E-state index is 0.134. The van der Waals surface area contributed by atoms with Gasteiger partial charge in [-0.2, -0.15) is 0 Å². The molecule has 0 bridgehead atoms. The first kappa shape index (κ1) is 18.2. The van der Waals surface area contributed by atoms with Crippen molar-refractivity contribution in [2.24, 2.45) is 5.92 Å². The van der Waals surface area contributed by atoms with Crippen LogP contribution in [0, 0.1) is 5.92 Å². The van der Waals surface area contributed by atoms with Crippen LogP contribution in [0.3, 0.4) is 0 Å². The maximum Gasteiger partial charge on any atom is 0.253 e. The standard InChI is InChI=1S/C20H30N2O3/c1-15-12-21(13-16(2)25-15)14-17-8-10-22(11-9-17)20(23)18-4-6-19(24-3)7-5-18/h4-7,15-17H,8-14H2,1-3H3. The molecule has 2 unspecified atom stereocenters. The Hall–Kier alpha value is -1.59. The summed E-state index contributed by atoms with van der Waals surface area (Å²) in [6.07, 6.45) is 2.81. The molecule has 1 amide bonds. The van der Waals surface area contributed by atoms with Crippen LogP contribution in [0.5, 0.6) is 5.75 Å². The molecule has 0 N–H and O–H groups in total. The van der Waals surface area contributed by atoms with Crippen LogP contribution < -0.4 is 4.74 Å². The van der Waals surface area contributed by atoms with E-state index in [1.165, 1.54) is 0 Å². The molecule has 0 aromatic heterocycles. The zero-order chi connectivity index (χ0) is 17.8. The second-order valence-corrected chi connectivity index (χ2v) is 7.44. The lowest BCUT2D eigenvalue weighted by atomic mass is 9.95. The van der Waals surface area contributed by atoms with E-state index in [2.05, 4.69) is 18.7 Å². The maximum atomic E-state index is 12.6. The molecular formula is C20H30N2O3. The van der Waals surface area contributed by atoms with Crippen LogP contribution in [0.1, 0.15) is 37.0 Å². The van der Waals surface area contributed by atoms with Gasteiger partial charge in [0.25, 0.3) is 5.91 Å². The number of benzene rings is 1. The molecule has 0 saturated carbocycles. The van der Waals surface area contributed by atoms with E-state index in [1.807, 2.05) is 29.2 Å². The lowest BCUT2D eigenvalue weighted by molar-refractivity contribution is -0.0728. The number of rotatable bonds is 4. The number of hydrogen-bond acceptors (Lipinski definition) is 4. The molecule has 2 heterocycles. The first-order valence-electron chi connectivity index (χ1n) is 9.36. The molecule has 0 aliphatic carbocycles. The fourth-order valence-electron chi connectivity index (χ4n) is 4.03. The van der Waals surface area contributed by atoms with E-state index in [9.17, 15) is 4.79 Å². The van der Waals surface area contributed by atoms with Crippen LogP contribution in [0.25, 0.3) is 0 Å². The second-order valence-electron chi connectivity index (χ2n) is 7.44. The molecule has 0 spiro atoms. The van der Waals surface area contributed by atoms with Crippen LogP contribution in [-0.4, -0.2) is 67.7 Å². The smallest absolute Gasteiger partial charge is 0.253 e. The summed E-state index contributed by atoms with van der Waals surface area (Å²) in [4.78, 5) is 17.2. The Bertz CT molecular complexity index is 557. The fraction of sp³-hybridized carbons (Fsp3) is 0.650. The number of carbonyl (C=O) groups excluding carboxylic acids is 1. The van der Waals surface area contributed by atoms with Crippen molar-refractivity contribution in [3.63, 3.8) is 0 Å². The van der Waals surface area contributed by atoms with Gasteiger partial charge in [-0.3, -0.25) is 9.69 Å². The number of methoxy groups -OCH3 is 1. The Morgan fingerprint density at radius 2 is 1.72 bits per heavy atom. The molecule has 138 valence electrons. The number of carbonyl (C=O) groups is 1. The van der Waals surface area contributed by atoms with Gasteiger partial charge >= 0.3 is 0 Å². The third-order valence-electron chi connectivity index (χ3n) is 5.25. The molecule has 2 fully saturated rings. The maximum absolute atomic E-state index is 12.6. The fourth-order valence-corrected chi connectivity index (χ4v) is 4.03. The minimum absolute atomic E-state index is 0.134. The molecule has 5 heteroatoms. The summed E-state index contributed by atoms with van der Waals surface area (Å²) in [7, 11) is 1.64. The molecule has 3 rings (SSSR count). The Labute approximate surface area is 150 Å². The Kier molecular flexibility index (Phi) is 5.97. The largest absolute Gasteiger partial charge is 0.497 e. The number of ether oxygens (including phenoxy) is 2. The number of hydrogen-bond donors (Lipinski definition) is 0. The summed E-state index contributed by atoms with van der Waals surface area (Å²) in [6, 6.07) is 7.40. The van der Waals surface area contributed by atoms with Crippen LogP contribution in [0.2, 0.25) is 0 Å². The highest BCUT2D eigenvalue weighted by molar-refractivity contribution is 5.94. The van der Waals surface area contributed by atoms with E-state index < -0.39 is 0 Å². The molecule has 1 aromatic carbocycles. The van der Waals surface area contributed by atoms with Gasteiger partial charge in [-0.15, -0.1) is 0 Å². The lowest BCUT2D eigenvalue weighted by Crippen LogP contribution is -2.48. The van der Waals surface area contributed by atoms with Gasteiger partial charge in [0.1, 0.15) is 5.75 Å². The summed E-state index contributed by atoms with van der Waals surface area (Å²) < 4.78 is 11.0. The van der Waals surface area contributed by atoms with Crippen LogP contribution in [0.4, 0.5) is 0 Å². The van der Waals surface area contributed by atoms with E-state index in [-0.39, 0.29) is 5.91 Å². The van der Waals surface area contributed by atoms with Crippen molar-refractivity contribution in [3.8, 4) is 5.75 Å². The summed E-state index contributed by atoms with van der Waals surface area (Å²) in [5.74, 6) is 1.59. The SMILES string of the molecule is COc1ccc(C(=O)N2CCC(CN3CC(C)OC(C)C3)CC2)cc1. The van der Waals surface area contributed by atoms with Gasteiger partial charge in [-0.25, -0.2) is 0 Å². The predicted octanol–water partition coefficient (Wildman–Crippen LogP) is 2.66. The van der Waals surface area contributed by atoms with E-state index >= 15 is 0 Å². The van der Waals surface area contributed by atoms with Gasteiger partial charge in [-0.1, -0.05) is 0 Å². The van der Waals surface area contributed by atoms with Crippen LogP contribution in [-0.2, 0) is 4.74 Å². The van der Waals surface area contributed by atoms with E-state index in [0.29, 0.717) is 18.1 Å². The monoisotopic (exact) mass is 346 g/mol. The zero-order valence-corrected chi connectivity index (χ0v) is 15.6. The average Bonchev–Trinajstić information content (AvgIpc) is 2.61. The van der Waals surface area contributed by atoms with Gasteiger partial charge in [0.2, 0.25) is 0 Å². The minimum Gasteiger partial charge on any atom is -0.497 e. The zero-order valence-electron chi connectivity index (χ0n) is 15.6. The van der Waals surface area contributed by atoms with Gasteiger partial charge in [-0.05, 0) is 56.9 Å². The molecule has 25 heavy (non-hydrogen) atoms.